The van der Waals surface area contributed by atoms with Crippen molar-refractivity contribution in [2.45, 2.75) is 19.3 Å². The van der Waals surface area contributed by atoms with E-state index >= 15 is 0 Å². The minimum Gasteiger partial charge on any atom is -0.278 e. The summed E-state index contributed by atoms with van der Waals surface area (Å²) in [5, 5.41) is 6.09. The topological polar surface area (TPSA) is 30.7 Å². The first-order valence-electron chi connectivity index (χ1n) is 17.5. The van der Waals surface area contributed by atoms with E-state index in [0.29, 0.717) is 5.95 Å². The SMILES string of the molecule is CC1(C)c2ccccc2-c2ccc3c4cc(-c5cccc6c5sc5ccccc56)ccc4n(-c4nc(-c5ccccc5)c5ccccc5n4)c3c21. The Hall–Kier alpha value is -6.10. The standard InChI is InChI=1S/C47H31N3S/c1-47(2)38-20-9-6-15-31(38)33-24-25-34-37-27-29(30-18-12-19-35-32-16-8-11-22-41(32)51-45(30)35)23-26-40(37)50(44(34)42(33)47)46-48-39-21-10-7-17-36(39)43(49-46)28-13-4-3-5-14-28/h3-27H,1-2H3. The third-order valence-corrected chi connectivity index (χ3v) is 12.2. The monoisotopic (exact) mass is 669 g/mol. The predicted molar refractivity (Wildman–Crippen MR) is 215 cm³/mol. The van der Waals surface area contributed by atoms with Crippen LogP contribution in [0.4, 0.5) is 0 Å². The molecular weight excluding hydrogens is 639 g/mol. The highest BCUT2D eigenvalue weighted by molar-refractivity contribution is 7.26. The number of para-hydroxylation sites is 1. The molecule has 0 radical (unpaired) electrons. The molecule has 10 aromatic rings. The molecule has 1 aliphatic rings. The van der Waals surface area contributed by atoms with Crippen LogP contribution in [-0.4, -0.2) is 14.5 Å². The Bertz CT molecular complexity index is 3060. The Kier molecular flexibility index (Phi) is 5.89. The number of nitrogens with zero attached hydrogens (tertiary/aromatic N) is 3. The Morgan fingerprint density at radius 3 is 2.18 bits per heavy atom. The third-order valence-electron chi connectivity index (χ3n) is 11.0. The summed E-state index contributed by atoms with van der Waals surface area (Å²) in [5.74, 6) is 0.687. The van der Waals surface area contributed by atoms with Gasteiger partial charge in [0.05, 0.1) is 22.2 Å². The number of rotatable bonds is 3. The van der Waals surface area contributed by atoms with Crippen LogP contribution >= 0.6 is 11.3 Å². The average molecular weight is 670 g/mol. The summed E-state index contributed by atoms with van der Waals surface area (Å²) < 4.78 is 4.99. The number of hydrogen-bond acceptors (Lipinski definition) is 3. The molecule has 0 aliphatic heterocycles. The molecule has 0 saturated heterocycles. The molecule has 4 heteroatoms. The van der Waals surface area contributed by atoms with Gasteiger partial charge in [-0.15, -0.1) is 11.3 Å². The van der Waals surface area contributed by atoms with E-state index in [0.717, 1.165) is 27.7 Å². The summed E-state index contributed by atoms with van der Waals surface area (Å²) in [7, 11) is 0. The van der Waals surface area contributed by atoms with Crippen molar-refractivity contribution >= 4 is 64.2 Å². The van der Waals surface area contributed by atoms with Gasteiger partial charge in [0.1, 0.15) is 0 Å². The molecule has 11 rings (SSSR count). The minimum absolute atomic E-state index is 0.220. The lowest BCUT2D eigenvalue weighted by molar-refractivity contribution is 0.663. The summed E-state index contributed by atoms with van der Waals surface area (Å²) in [4.78, 5) is 10.8. The zero-order valence-corrected chi connectivity index (χ0v) is 29.0. The summed E-state index contributed by atoms with van der Waals surface area (Å²) in [6.07, 6.45) is 0. The Morgan fingerprint density at radius 1 is 0.529 bits per heavy atom. The average Bonchev–Trinajstić information content (AvgIpc) is 3.80. The largest absolute Gasteiger partial charge is 0.278 e. The van der Waals surface area contributed by atoms with Crippen molar-refractivity contribution in [1.82, 2.24) is 14.5 Å². The molecule has 1 aliphatic carbocycles. The zero-order valence-electron chi connectivity index (χ0n) is 28.2. The smallest absolute Gasteiger partial charge is 0.235 e. The number of fused-ring (bicyclic) bond motifs is 11. The molecule has 3 aromatic heterocycles. The van der Waals surface area contributed by atoms with Gasteiger partial charge in [-0.2, -0.15) is 0 Å². The van der Waals surface area contributed by atoms with Crippen LogP contribution in [0.1, 0.15) is 25.0 Å². The van der Waals surface area contributed by atoms with Crippen LogP contribution in [0.15, 0.2) is 152 Å². The van der Waals surface area contributed by atoms with Crippen LogP contribution in [0, 0.1) is 0 Å². The Balaban J connectivity index is 1.26. The third kappa shape index (κ3) is 3.99. The molecule has 240 valence electrons. The molecule has 0 bridgehead atoms. The van der Waals surface area contributed by atoms with E-state index in [1.54, 1.807) is 0 Å². The van der Waals surface area contributed by atoms with Crippen LogP contribution in [0.5, 0.6) is 0 Å². The first kappa shape index (κ1) is 28.7. The highest BCUT2D eigenvalue weighted by Crippen LogP contribution is 2.53. The molecule has 7 aromatic carbocycles. The molecule has 3 nitrogen and oxygen atoms in total. The maximum Gasteiger partial charge on any atom is 0.235 e. The number of aromatic nitrogens is 3. The molecule has 51 heavy (non-hydrogen) atoms. The second-order valence-electron chi connectivity index (χ2n) is 14.2. The van der Waals surface area contributed by atoms with E-state index in [2.05, 4.69) is 170 Å². The van der Waals surface area contributed by atoms with Gasteiger partial charge in [-0.05, 0) is 57.6 Å². The number of hydrogen-bond donors (Lipinski definition) is 0. The lowest BCUT2D eigenvalue weighted by atomic mass is 9.81. The minimum atomic E-state index is -0.220. The maximum absolute atomic E-state index is 5.44. The summed E-state index contributed by atoms with van der Waals surface area (Å²) in [6, 6.07) is 54.9. The quantitative estimate of drug-likeness (QED) is 0.187. The van der Waals surface area contributed by atoms with Crippen molar-refractivity contribution in [3.05, 3.63) is 163 Å². The molecule has 0 atom stereocenters. The molecule has 0 N–H and O–H groups in total. The van der Waals surface area contributed by atoms with Crippen molar-refractivity contribution in [2.75, 3.05) is 0 Å². The van der Waals surface area contributed by atoms with Crippen molar-refractivity contribution in [3.8, 4) is 39.5 Å². The molecule has 0 amide bonds. The van der Waals surface area contributed by atoms with E-state index in [1.165, 1.54) is 69.8 Å². The first-order valence-corrected chi connectivity index (χ1v) is 18.3. The molecule has 0 saturated carbocycles. The van der Waals surface area contributed by atoms with E-state index < -0.39 is 0 Å². The van der Waals surface area contributed by atoms with Gasteiger partial charge >= 0.3 is 0 Å². The highest BCUT2D eigenvalue weighted by atomic mass is 32.1. The second-order valence-corrected chi connectivity index (χ2v) is 15.2. The molecule has 0 fully saturated rings. The van der Waals surface area contributed by atoms with Crippen LogP contribution in [0.2, 0.25) is 0 Å². The van der Waals surface area contributed by atoms with Crippen LogP contribution in [-0.2, 0) is 5.41 Å². The van der Waals surface area contributed by atoms with Crippen molar-refractivity contribution < 1.29 is 0 Å². The Labute approximate surface area is 299 Å². The summed E-state index contributed by atoms with van der Waals surface area (Å²) in [6.45, 7) is 4.73. The van der Waals surface area contributed by atoms with E-state index in [-0.39, 0.29) is 5.41 Å². The fourth-order valence-corrected chi connectivity index (χ4v) is 9.93. The molecule has 0 unspecified atom stereocenters. The van der Waals surface area contributed by atoms with Gasteiger partial charge in [0.2, 0.25) is 5.95 Å². The molecular formula is C47H31N3S. The van der Waals surface area contributed by atoms with Crippen LogP contribution < -0.4 is 0 Å². The van der Waals surface area contributed by atoms with E-state index in [4.69, 9.17) is 9.97 Å². The molecule has 0 spiro atoms. The van der Waals surface area contributed by atoms with Gasteiger partial charge < -0.3 is 0 Å². The van der Waals surface area contributed by atoms with Gasteiger partial charge in [0.25, 0.3) is 0 Å². The maximum atomic E-state index is 5.44. The van der Waals surface area contributed by atoms with Crippen molar-refractivity contribution in [1.29, 1.82) is 0 Å². The highest BCUT2D eigenvalue weighted by Gasteiger charge is 2.38. The number of benzene rings is 7. The summed E-state index contributed by atoms with van der Waals surface area (Å²) >= 11 is 1.88. The lowest BCUT2D eigenvalue weighted by Gasteiger charge is -2.23. The van der Waals surface area contributed by atoms with Gasteiger partial charge in [-0.1, -0.05) is 141 Å². The van der Waals surface area contributed by atoms with E-state index in [9.17, 15) is 0 Å². The Morgan fingerprint density at radius 2 is 1.27 bits per heavy atom. The van der Waals surface area contributed by atoms with Crippen LogP contribution in [0.25, 0.3) is 92.3 Å². The normalized spacial score (nSPS) is 13.5. The predicted octanol–water partition coefficient (Wildman–Crippen LogP) is 12.7. The zero-order chi connectivity index (χ0) is 33.8. The first-order chi connectivity index (χ1) is 25.1. The van der Waals surface area contributed by atoms with Crippen molar-refractivity contribution in [2.24, 2.45) is 0 Å². The van der Waals surface area contributed by atoms with Gasteiger partial charge in [-0.3, -0.25) is 4.57 Å². The fourth-order valence-electron chi connectivity index (χ4n) is 8.69. The number of thiophene rings is 1. The van der Waals surface area contributed by atoms with Gasteiger partial charge in [-0.25, -0.2) is 9.97 Å². The second kappa shape index (κ2) is 10.5. The summed E-state index contributed by atoms with van der Waals surface area (Å²) in [5.41, 5.74) is 12.7. The van der Waals surface area contributed by atoms with E-state index in [1.807, 2.05) is 11.3 Å². The van der Waals surface area contributed by atoms with Crippen molar-refractivity contribution in [3.63, 3.8) is 0 Å². The van der Waals surface area contributed by atoms with Gasteiger partial charge in [0, 0.05) is 47.3 Å². The lowest BCUT2D eigenvalue weighted by Crippen LogP contribution is -2.17. The van der Waals surface area contributed by atoms with Crippen LogP contribution in [0.3, 0.4) is 0 Å². The fraction of sp³-hybridized carbons (Fsp3) is 0.0638. The van der Waals surface area contributed by atoms with Gasteiger partial charge in [0.15, 0.2) is 0 Å². The molecule has 3 heterocycles.